The van der Waals surface area contributed by atoms with Gasteiger partial charge in [0.15, 0.2) is 0 Å². The first-order valence-corrected chi connectivity index (χ1v) is 6.13. The SMILES string of the molecule is COCCC(NC(=O)NC1CCNCC1)C(=O)O. The Hall–Kier alpha value is -1.34. The van der Waals surface area contributed by atoms with Crippen LogP contribution < -0.4 is 16.0 Å². The van der Waals surface area contributed by atoms with Crippen molar-refractivity contribution in [2.75, 3.05) is 26.8 Å². The molecule has 1 rings (SSSR count). The van der Waals surface area contributed by atoms with Gasteiger partial charge in [0.1, 0.15) is 6.04 Å². The Morgan fingerprint density at radius 3 is 2.67 bits per heavy atom. The van der Waals surface area contributed by atoms with Crippen molar-refractivity contribution in [3.05, 3.63) is 0 Å². The molecule has 7 nitrogen and oxygen atoms in total. The fourth-order valence-electron chi connectivity index (χ4n) is 1.84. The van der Waals surface area contributed by atoms with Gasteiger partial charge in [-0.25, -0.2) is 9.59 Å². The number of methoxy groups -OCH3 is 1. The molecule has 1 heterocycles. The number of nitrogens with one attached hydrogen (secondary N) is 3. The molecule has 1 aliphatic rings. The maximum Gasteiger partial charge on any atom is 0.326 e. The fraction of sp³-hybridized carbons (Fsp3) is 0.818. The summed E-state index contributed by atoms with van der Waals surface area (Å²) in [5.74, 6) is -1.05. The predicted octanol–water partition coefficient (Wildman–Crippen LogP) is -0.473. The number of carbonyl (C=O) groups excluding carboxylic acids is 1. The van der Waals surface area contributed by atoms with Crippen LogP contribution in [0.2, 0.25) is 0 Å². The van der Waals surface area contributed by atoms with E-state index in [1.165, 1.54) is 7.11 Å². The molecule has 0 aromatic heterocycles. The summed E-state index contributed by atoms with van der Waals surface area (Å²) in [5.41, 5.74) is 0. The van der Waals surface area contributed by atoms with E-state index < -0.39 is 18.0 Å². The monoisotopic (exact) mass is 259 g/mol. The van der Waals surface area contributed by atoms with Crippen molar-refractivity contribution in [3.8, 4) is 0 Å². The fourth-order valence-corrected chi connectivity index (χ4v) is 1.84. The van der Waals surface area contributed by atoms with E-state index in [4.69, 9.17) is 9.84 Å². The number of carbonyl (C=O) groups is 2. The van der Waals surface area contributed by atoms with Gasteiger partial charge in [-0.2, -0.15) is 0 Å². The van der Waals surface area contributed by atoms with Crippen molar-refractivity contribution in [1.29, 1.82) is 0 Å². The van der Waals surface area contributed by atoms with Crippen LogP contribution in [0, 0.1) is 0 Å². The number of hydrogen-bond acceptors (Lipinski definition) is 4. The second kappa shape index (κ2) is 7.88. The first-order valence-electron chi connectivity index (χ1n) is 6.13. The first-order chi connectivity index (χ1) is 8.63. The normalized spacial score (nSPS) is 18.1. The highest BCUT2D eigenvalue weighted by atomic mass is 16.5. The number of urea groups is 1. The Morgan fingerprint density at radius 1 is 1.44 bits per heavy atom. The minimum atomic E-state index is -1.05. The van der Waals surface area contributed by atoms with Gasteiger partial charge >= 0.3 is 12.0 Å². The molecule has 0 spiro atoms. The third kappa shape index (κ3) is 5.33. The van der Waals surface area contributed by atoms with Crippen LogP contribution in [-0.2, 0) is 9.53 Å². The molecule has 1 aliphatic heterocycles. The van der Waals surface area contributed by atoms with Crippen LogP contribution in [-0.4, -0.2) is 56.0 Å². The number of aliphatic carboxylic acids is 1. The van der Waals surface area contributed by atoms with Gasteiger partial charge in [0, 0.05) is 26.2 Å². The highest BCUT2D eigenvalue weighted by molar-refractivity contribution is 5.82. The smallest absolute Gasteiger partial charge is 0.326 e. The molecule has 0 bridgehead atoms. The molecule has 4 N–H and O–H groups in total. The Morgan fingerprint density at radius 2 is 2.11 bits per heavy atom. The van der Waals surface area contributed by atoms with Gasteiger partial charge in [0.25, 0.3) is 0 Å². The minimum Gasteiger partial charge on any atom is -0.480 e. The summed E-state index contributed by atoms with van der Waals surface area (Å²) in [7, 11) is 1.49. The van der Waals surface area contributed by atoms with Gasteiger partial charge in [0.05, 0.1) is 0 Å². The molecule has 18 heavy (non-hydrogen) atoms. The maximum atomic E-state index is 11.6. The molecule has 0 aromatic rings. The lowest BCUT2D eigenvalue weighted by Crippen LogP contribution is -2.51. The van der Waals surface area contributed by atoms with E-state index in [1.807, 2.05) is 0 Å². The van der Waals surface area contributed by atoms with Gasteiger partial charge < -0.3 is 25.8 Å². The number of carboxylic acid groups (broad SMARTS) is 1. The Kier molecular flexibility index (Phi) is 6.45. The molecule has 0 saturated carbocycles. The topological polar surface area (TPSA) is 99.7 Å². The standard InChI is InChI=1S/C11H21N3O4/c1-18-7-4-9(10(15)16)14-11(17)13-8-2-5-12-6-3-8/h8-9,12H,2-7H2,1H3,(H,15,16)(H2,13,14,17). The lowest BCUT2D eigenvalue weighted by molar-refractivity contribution is -0.139. The van der Waals surface area contributed by atoms with Crippen LogP contribution in [0.4, 0.5) is 4.79 Å². The van der Waals surface area contributed by atoms with Crippen molar-refractivity contribution in [2.24, 2.45) is 0 Å². The molecular weight excluding hydrogens is 238 g/mol. The molecule has 1 saturated heterocycles. The Bertz CT molecular complexity index is 279. The van der Waals surface area contributed by atoms with E-state index in [1.54, 1.807) is 0 Å². The first kappa shape index (κ1) is 14.7. The Balaban J connectivity index is 2.32. The van der Waals surface area contributed by atoms with Gasteiger partial charge in [0.2, 0.25) is 0 Å². The molecule has 7 heteroatoms. The van der Waals surface area contributed by atoms with E-state index in [9.17, 15) is 9.59 Å². The van der Waals surface area contributed by atoms with E-state index >= 15 is 0 Å². The lowest BCUT2D eigenvalue weighted by atomic mass is 10.1. The third-order valence-corrected chi connectivity index (χ3v) is 2.89. The quantitative estimate of drug-likeness (QED) is 0.516. The molecule has 0 aliphatic carbocycles. The molecule has 0 aromatic carbocycles. The number of carboxylic acids is 1. The number of amides is 2. The molecule has 2 amide bonds. The second-order valence-corrected chi connectivity index (χ2v) is 4.31. The van der Waals surface area contributed by atoms with Crippen molar-refractivity contribution >= 4 is 12.0 Å². The van der Waals surface area contributed by atoms with Crippen LogP contribution >= 0.6 is 0 Å². The summed E-state index contributed by atoms with van der Waals surface area (Å²) in [6.45, 7) is 2.04. The highest BCUT2D eigenvalue weighted by Crippen LogP contribution is 2.02. The number of rotatable bonds is 6. The van der Waals surface area contributed by atoms with Crippen molar-refractivity contribution < 1.29 is 19.4 Å². The summed E-state index contributed by atoms with van der Waals surface area (Å²) in [4.78, 5) is 22.6. The molecular formula is C11H21N3O4. The highest BCUT2D eigenvalue weighted by Gasteiger charge is 2.21. The lowest BCUT2D eigenvalue weighted by Gasteiger charge is -2.24. The molecule has 0 radical (unpaired) electrons. The molecule has 104 valence electrons. The summed E-state index contributed by atoms with van der Waals surface area (Å²) in [6, 6.07) is -1.22. The van der Waals surface area contributed by atoms with Crippen molar-refractivity contribution in [1.82, 2.24) is 16.0 Å². The van der Waals surface area contributed by atoms with Gasteiger partial charge in [-0.3, -0.25) is 0 Å². The predicted molar refractivity (Wildman–Crippen MR) is 65.5 cm³/mol. The van der Waals surface area contributed by atoms with Crippen LogP contribution in [0.15, 0.2) is 0 Å². The van der Waals surface area contributed by atoms with Crippen LogP contribution in [0.1, 0.15) is 19.3 Å². The zero-order valence-electron chi connectivity index (χ0n) is 10.6. The number of ether oxygens (including phenoxy) is 1. The van der Waals surface area contributed by atoms with Crippen molar-refractivity contribution in [3.63, 3.8) is 0 Å². The van der Waals surface area contributed by atoms with Gasteiger partial charge in [-0.1, -0.05) is 0 Å². The summed E-state index contributed by atoms with van der Waals surface area (Å²) in [5, 5.41) is 17.4. The third-order valence-electron chi connectivity index (χ3n) is 2.89. The zero-order chi connectivity index (χ0) is 13.4. The minimum absolute atomic E-state index is 0.114. The molecule has 1 unspecified atom stereocenters. The largest absolute Gasteiger partial charge is 0.480 e. The summed E-state index contributed by atoms with van der Waals surface area (Å²) < 4.78 is 4.81. The van der Waals surface area contributed by atoms with Crippen LogP contribution in [0.25, 0.3) is 0 Å². The average Bonchev–Trinajstić information content (AvgIpc) is 2.35. The molecule has 1 fully saturated rings. The van der Waals surface area contributed by atoms with E-state index in [0.717, 1.165) is 25.9 Å². The van der Waals surface area contributed by atoms with E-state index in [2.05, 4.69) is 16.0 Å². The number of piperidine rings is 1. The Labute approximate surface area is 106 Å². The second-order valence-electron chi connectivity index (χ2n) is 4.31. The zero-order valence-corrected chi connectivity index (χ0v) is 10.6. The maximum absolute atomic E-state index is 11.6. The van der Waals surface area contributed by atoms with Crippen molar-refractivity contribution in [2.45, 2.75) is 31.3 Å². The van der Waals surface area contributed by atoms with Gasteiger partial charge in [-0.15, -0.1) is 0 Å². The molecule has 1 atom stereocenters. The summed E-state index contributed by atoms with van der Waals surface area (Å²) >= 11 is 0. The van der Waals surface area contributed by atoms with Crippen LogP contribution in [0.5, 0.6) is 0 Å². The number of hydrogen-bond donors (Lipinski definition) is 4. The average molecular weight is 259 g/mol. The van der Waals surface area contributed by atoms with Gasteiger partial charge in [-0.05, 0) is 25.9 Å². The van der Waals surface area contributed by atoms with E-state index in [-0.39, 0.29) is 12.5 Å². The van der Waals surface area contributed by atoms with E-state index in [0.29, 0.717) is 6.61 Å². The van der Waals surface area contributed by atoms with Crippen LogP contribution in [0.3, 0.4) is 0 Å². The summed E-state index contributed by atoms with van der Waals surface area (Å²) in [6.07, 6.45) is 1.98.